The van der Waals surface area contributed by atoms with Gasteiger partial charge in [0.05, 0.1) is 0 Å². The first-order valence-electron chi connectivity index (χ1n) is 6.64. The molecule has 102 valence electrons. The average Bonchev–Trinajstić information content (AvgIpc) is 3.27. The van der Waals surface area contributed by atoms with Crippen molar-refractivity contribution in [2.75, 3.05) is 10.6 Å². The molecular formula is C16H15FN2O. The van der Waals surface area contributed by atoms with E-state index < -0.39 is 0 Å². The van der Waals surface area contributed by atoms with Crippen LogP contribution in [0.25, 0.3) is 0 Å². The van der Waals surface area contributed by atoms with E-state index in [9.17, 15) is 9.18 Å². The van der Waals surface area contributed by atoms with Crippen LogP contribution in [0.4, 0.5) is 20.6 Å². The molecule has 1 aliphatic rings. The lowest BCUT2D eigenvalue weighted by Crippen LogP contribution is -2.19. The van der Waals surface area contributed by atoms with E-state index in [0.29, 0.717) is 11.6 Å². The van der Waals surface area contributed by atoms with Crippen LogP contribution in [-0.4, -0.2) is 6.03 Å². The van der Waals surface area contributed by atoms with Crippen molar-refractivity contribution in [2.24, 2.45) is 0 Å². The summed E-state index contributed by atoms with van der Waals surface area (Å²) >= 11 is 0. The first-order chi connectivity index (χ1) is 9.70. The summed E-state index contributed by atoms with van der Waals surface area (Å²) in [5, 5.41) is 5.40. The van der Waals surface area contributed by atoms with Gasteiger partial charge in [0, 0.05) is 11.4 Å². The van der Waals surface area contributed by atoms with Gasteiger partial charge in [-0.1, -0.05) is 12.1 Å². The van der Waals surface area contributed by atoms with Crippen LogP contribution in [0.2, 0.25) is 0 Å². The van der Waals surface area contributed by atoms with Crippen LogP contribution in [0.15, 0.2) is 48.5 Å². The van der Waals surface area contributed by atoms with Gasteiger partial charge in [-0.2, -0.15) is 0 Å². The Morgan fingerprint density at radius 3 is 1.90 bits per heavy atom. The zero-order valence-corrected chi connectivity index (χ0v) is 10.9. The molecule has 0 atom stereocenters. The molecule has 0 spiro atoms. The van der Waals surface area contributed by atoms with Gasteiger partial charge in [-0.25, -0.2) is 9.18 Å². The van der Waals surface area contributed by atoms with Gasteiger partial charge in [-0.05, 0) is 60.7 Å². The van der Waals surface area contributed by atoms with Crippen LogP contribution in [0.3, 0.4) is 0 Å². The Balaban J connectivity index is 1.59. The fourth-order valence-corrected chi connectivity index (χ4v) is 2.08. The summed E-state index contributed by atoms with van der Waals surface area (Å²) in [5.41, 5.74) is 2.63. The van der Waals surface area contributed by atoms with E-state index in [1.807, 2.05) is 24.3 Å². The van der Waals surface area contributed by atoms with Crippen molar-refractivity contribution in [2.45, 2.75) is 18.8 Å². The second-order valence-corrected chi connectivity index (χ2v) is 4.98. The molecule has 0 unspecified atom stereocenters. The minimum Gasteiger partial charge on any atom is -0.308 e. The van der Waals surface area contributed by atoms with E-state index in [1.165, 1.54) is 42.7 Å². The number of nitrogens with one attached hydrogen (secondary N) is 2. The third-order valence-corrected chi connectivity index (χ3v) is 3.32. The zero-order chi connectivity index (χ0) is 13.9. The average molecular weight is 270 g/mol. The summed E-state index contributed by atoms with van der Waals surface area (Å²) in [6.45, 7) is 0. The van der Waals surface area contributed by atoms with Crippen LogP contribution in [0, 0.1) is 5.82 Å². The molecule has 0 aliphatic heterocycles. The Morgan fingerprint density at radius 2 is 1.40 bits per heavy atom. The number of halogens is 1. The fraction of sp³-hybridized carbons (Fsp3) is 0.188. The second kappa shape index (κ2) is 5.33. The molecule has 1 saturated carbocycles. The molecule has 2 N–H and O–H groups in total. The van der Waals surface area contributed by atoms with Crippen molar-refractivity contribution in [3.8, 4) is 0 Å². The van der Waals surface area contributed by atoms with Gasteiger partial charge in [0.25, 0.3) is 0 Å². The summed E-state index contributed by atoms with van der Waals surface area (Å²) in [6.07, 6.45) is 2.52. The molecule has 1 aliphatic carbocycles. The summed E-state index contributed by atoms with van der Waals surface area (Å²) in [6, 6.07) is 13.2. The third kappa shape index (κ3) is 3.15. The highest BCUT2D eigenvalue weighted by atomic mass is 19.1. The maximum Gasteiger partial charge on any atom is 0.323 e. The van der Waals surface area contributed by atoms with Gasteiger partial charge in [-0.15, -0.1) is 0 Å². The highest BCUT2D eigenvalue weighted by molar-refractivity contribution is 5.99. The molecule has 0 heterocycles. The van der Waals surface area contributed by atoms with Crippen molar-refractivity contribution in [1.29, 1.82) is 0 Å². The number of hydrogen-bond acceptors (Lipinski definition) is 1. The van der Waals surface area contributed by atoms with E-state index in [4.69, 9.17) is 0 Å². The lowest BCUT2D eigenvalue weighted by molar-refractivity contribution is 0.262. The minimum atomic E-state index is -0.337. The van der Waals surface area contributed by atoms with Crippen LogP contribution in [0.1, 0.15) is 24.3 Å². The number of amides is 2. The predicted octanol–water partition coefficient (Wildman–Crippen LogP) is 4.35. The Hall–Kier alpha value is -2.36. The molecule has 3 nitrogen and oxygen atoms in total. The number of hydrogen-bond donors (Lipinski definition) is 2. The molecule has 1 fully saturated rings. The Kier molecular flexibility index (Phi) is 3.37. The van der Waals surface area contributed by atoms with Crippen LogP contribution in [0.5, 0.6) is 0 Å². The molecule has 0 bridgehead atoms. The lowest BCUT2D eigenvalue weighted by atomic mass is 10.1. The summed E-state index contributed by atoms with van der Waals surface area (Å²) < 4.78 is 12.8. The zero-order valence-electron chi connectivity index (χ0n) is 10.9. The molecule has 20 heavy (non-hydrogen) atoms. The van der Waals surface area contributed by atoms with E-state index in [-0.39, 0.29) is 11.8 Å². The van der Waals surface area contributed by atoms with Crippen molar-refractivity contribution in [3.05, 3.63) is 59.9 Å². The quantitative estimate of drug-likeness (QED) is 0.855. The molecule has 4 heteroatoms. The van der Waals surface area contributed by atoms with Crippen molar-refractivity contribution in [3.63, 3.8) is 0 Å². The molecule has 0 radical (unpaired) electrons. The van der Waals surface area contributed by atoms with Gasteiger partial charge in [-0.3, -0.25) is 0 Å². The predicted molar refractivity (Wildman–Crippen MR) is 77.5 cm³/mol. The first kappa shape index (κ1) is 12.7. The molecule has 3 rings (SSSR count). The molecular weight excluding hydrogens is 255 g/mol. The van der Waals surface area contributed by atoms with Crippen molar-refractivity contribution in [1.82, 2.24) is 0 Å². The third-order valence-electron chi connectivity index (χ3n) is 3.32. The van der Waals surface area contributed by atoms with Gasteiger partial charge in [0.15, 0.2) is 0 Å². The lowest BCUT2D eigenvalue weighted by Gasteiger charge is -2.08. The fourth-order valence-electron chi connectivity index (χ4n) is 2.08. The van der Waals surface area contributed by atoms with Gasteiger partial charge in [0.1, 0.15) is 5.82 Å². The Morgan fingerprint density at radius 1 is 0.900 bits per heavy atom. The maximum absolute atomic E-state index is 12.8. The Labute approximate surface area is 116 Å². The molecule has 2 aromatic rings. The SMILES string of the molecule is O=C(Nc1ccc(F)cc1)Nc1ccc(C2CC2)cc1. The van der Waals surface area contributed by atoms with E-state index >= 15 is 0 Å². The number of anilines is 2. The number of carbonyl (C=O) groups excluding carboxylic acids is 1. The normalized spacial score (nSPS) is 13.8. The maximum atomic E-state index is 12.8. The second-order valence-electron chi connectivity index (χ2n) is 4.98. The van der Waals surface area contributed by atoms with Gasteiger partial charge < -0.3 is 10.6 Å². The number of urea groups is 1. The molecule has 0 saturated heterocycles. The van der Waals surface area contributed by atoms with E-state index in [1.54, 1.807) is 0 Å². The smallest absolute Gasteiger partial charge is 0.308 e. The topological polar surface area (TPSA) is 41.1 Å². The van der Waals surface area contributed by atoms with E-state index in [0.717, 1.165) is 5.69 Å². The monoisotopic (exact) mass is 270 g/mol. The standard InChI is InChI=1S/C16H15FN2O/c17-13-5-9-15(10-6-13)19-16(20)18-14-7-3-12(4-8-14)11-1-2-11/h3-11H,1-2H2,(H2,18,19,20). The highest BCUT2D eigenvalue weighted by Crippen LogP contribution is 2.40. The minimum absolute atomic E-state index is 0.327. The van der Waals surface area contributed by atoms with Crippen molar-refractivity contribution < 1.29 is 9.18 Å². The highest BCUT2D eigenvalue weighted by Gasteiger charge is 2.22. The molecule has 2 aromatic carbocycles. The van der Waals surface area contributed by atoms with Crippen LogP contribution < -0.4 is 10.6 Å². The van der Waals surface area contributed by atoms with Crippen LogP contribution in [-0.2, 0) is 0 Å². The summed E-state index contributed by atoms with van der Waals surface area (Å²) in [4.78, 5) is 11.8. The number of benzene rings is 2. The van der Waals surface area contributed by atoms with Crippen LogP contribution >= 0.6 is 0 Å². The largest absolute Gasteiger partial charge is 0.323 e. The summed E-state index contributed by atoms with van der Waals surface area (Å²) in [7, 11) is 0. The first-order valence-corrected chi connectivity index (χ1v) is 6.64. The number of rotatable bonds is 3. The van der Waals surface area contributed by atoms with Gasteiger partial charge in [0.2, 0.25) is 0 Å². The number of carbonyl (C=O) groups is 1. The Bertz CT molecular complexity index is 603. The summed E-state index contributed by atoms with van der Waals surface area (Å²) in [5.74, 6) is 0.378. The molecule has 2 amide bonds. The van der Waals surface area contributed by atoms with E-state index in [2.05, 4.69) is 10.6 Å². The van der Waals surface area contributed by atoms with Crippen molar-refractivity contribution >= 4 is 17.4 Å². The molecule has 0 aromatic heterocycles. The van der Waals surface area contributed by atoms with Gasteiger partial charge >= 0.3 is 6.03 Å².